The molecule has 92 valence electrons. The fraction of sp³-hybridized carbons (Fsp3) is 0.500. The van der Waals surface area contributed by atoms with E-state index < -0.39 is 0 Å². The van der Waals surface area contributed by atoms with Crippen LogP contribution in [0.5, 0.6) is 0 Å². The number of carbonyl (C=O) groups excluding carboxylic acids is 1. The maximum absolute atomic E-state index is 11.6. The van der Waals surface area contributed by atoms with Gasteiger partial charge in [-0.25, -0.2) is 4.98 Å². The zero-order valence-electron chi connectivity index (χ0n) is 9.89. The number of halogens is 1. The molecule has 1 aliphatic rings. The number of carbonyl (C=O) groups is 1. The van der Waals surface area contributed by atoms with Gasteiger partial charge in [0.1, 0.15) is 17.3 Å². The lowest BCUT2D eigenvalue weighted by Gasteiger charge is -2.20. The molecular formula is C12H15ClN2O2. The van der Waals surface area contributed by atoms with Gasteiger partial charge in [-0.3, -0.25) is 9.69 Å². The zero-order chi connectivity index (χ0) is 12.4. The highest BCUT2D eigenvalue weighted by atomic mass is 35.5. The number of cyclic esters (lactones) is 1. The van der Waals surface area contributed by atoms with E-state index in [9.17, 15) is 4.79 Å². The van der Waals surface area contributed by atoms with Crippen LogP contribution in [0.4, 0.5) is 0 Å². The molecule has 2 heterocycles. The van der Waals surface area contributed by atoms with Crippen LogP contribution in [0, 0.1) is 0 Å². The average molecular weight is 255 g/mol. The summed E-state index contributed by atoms with van der Waals surface area (Å²) in [6.07, 6.45) is 2.48. The monoisotopic (exact) mass is 254 g/mol. The largest absolute Gasteiger partial charge is 0.461 e. The van der Waals surface area contributed by atoms with Crippen molar-refractivity contribution in [1.82, 2.24) is 9.88 Å². The number of aromatic nitrogens is 1. The van der Waals surface area contributed by atoms with Crippen molar-refractivity contribution in [3.05, 3.63) is 29.0 Å². The van der Waals surface area contributed by atoms with E-state index in [1.807, 2.05) is 24.9 Å². The van der Waals surface area contributed by atoms with Crippen LogP contribution < -0.4 is 0 Å². The highest BCUT2D eigenvalue weighted by Gasteiger charge is 2.34. The Balaban J connectivity index is 1.99. The Morgan fingerprint density at radius 3 is 2.88 bits per heavy atom. The van der Waals surface area contributed by atoms with E-state index in [4.69, 9.17) is 16.3 Å². The van der Waals surface area contributed by atoms with Crippen LogP contribution in [0.15, 0.2) is 18.3 Å². The van der Waals surface area contributed by atoms with E-state index in [1.165, 1.54) is 0 Å². The Kier molecular flexibility index (Phi) is 3.64. The number of nitrogens with zero attached hydrogens (tertiary/aromatic N) is 2. The first-order valence-corrected chi connectivity index (χ1v) is 5.95. The molecule has 0 N–H and O–H groups in total. The first kappa shape index (κ1) is 12.3. The lowest BCUT2D eigenvalue weighted by atomic mass is 10.1. The molecule has 2 unspecified atom stereocenters. The van der Waals surface area contributed by atoms with Gasteiger partial charge in [0, 0.05) is 19.2 Å². The van der Waals surface area contributed by atoms with E-state index >= 15 is 0 Å². The van der Waals surface area contributed by atoms with Crippen molar-refractivity contribution < 1.29 is 9.53 Å². The van der Waals surface area contributed by atoms with Crippen molar-refractivity contribution in [2.45, 2.75) is 32.0 Å². The van der Waals surface area contributed by atoms with Crippen molar-refractivity contribution >= 4 is 17.6 Å². The second-order valence-corrected chi connectivity index (χ2v) is 4.79. The molecule has 17 heavy (non-hydrogen) atoms. The van der Waals surface area contributed by atoms with Crippen LogP contribution in [0.25, 0.3) is 0 Å². The number of esters is 1. The molecule has 0 aliphatic carbocycles. The number of pyridine rings is 1. The Bertz CT molecular complexity index is 407. The van der Waals surface area contributed by atoms with Gasteiger partial charge in [0.05, 0.1) is 0 Å². The molecule has 2 atom stereocenters. The van der Waals surface area contributed by atoms with Gasteiger partial charge in [-0.1, -0.05) is 17.7 Å². The molecule has 0 radical (unpaired) electrons. The molecule has 1 saturated heterocycles. The standard InChI is InChI=1S/C12H15ClN2O2/c1-8-5-10(12(16)17-8)15(2)7-9-3-4-11(13)14-6-9/h3-4,6,8,10H,5,7H2,1-2H3. The van der Waals surface area contributed by atoms with Crippen molar-refractivity contribution in [1.29, 1.82) is 0 Å². The van der Waals surface area contributed by atoms with Gasteiger partial charge in [0.2, 0.25) is 0 Å². The minimum atomic E-state index is -0.152. The molecule has 0 bridgehead atoms. The molecule has 5 heteroatoms. The van der Waals surface area contributed by atoms with Crippen LogP contribution in [0.1, 0.15) is 18.9 Å². The first-order chi connectivity index (χ1) is 8.06. The smallest absolute Gasteiger partial charge is 0.323 e. The Hall–Kier alpha value is -1.13. The van der Waals surface area contributed by atoms with E-state index in [0.29, 0.717) is 11.7 Å². The quantitative estimate of drug-likeness (QED) is 0.610. The highest BCUT2D eigenvalue weighted by Crippen LogP contribution is 2.20. The number of ether oxygens (including phenoxy) is 1. The fourth-order valence-corrected chi connectivity index (χ4v) is 2.11. The molecule has 0 spiro atoms. The summed E-state index contributed by atoms with van der Waals surface area (Å²) >= 11 is 5.72. The van der Waals surface area contributed by atoms with E-state index in [2.05, 4.69) is 4.98 Å². The molecule has 1 aromatic heterocycles. The predicted octanol–water partition coefficient (Wildman–Crippen LogP) is 1.87. The summed E-state index contributed by atoms with van der Waals surface area (Å²) in [5, 5.41) is 0.477. The molecule has 2 rings (SSSR count). The fourth-order valence-electron chi connectivity index (χ4n) is 1.99. The Morgan fingerprint density at radius 2 is 2.35 bits per heavy atom. The third kappa shape index (κ3) is 2.96. The third-order valence-corrected chi connectivity index (χ3v) is 3.12. The maximum atomic E-state index is 11.6. The maximum Gasteiger partial charge on any atom is 0.323 e. The normalized spacial score (nSPS) is 24.1. The highest BCUT2D eigenvalue weighted by molar-refractivity contribution is 6.29. The van der Waals surface area contributed by atoms with Crippen molar-refractivity contribution in [3.63, 3.8) is 0 Å². The van der Waals surface area contributed by atoms with E-state index in [1.54, 1.807) is 12.3 Å². The Morgan fingerprint density at radius 1 is 1.59 bits per heavy atom. The topological polar surface area (TPSA) is 42.4 Å². The summed E-state index contributed by atoms with van der Waals surface area (Å²) in [5.41, 5.74) is 1.03. The van der Waals surface area contributed by atoms with Gasteiger partial charge in [-0.05, 0) is 25.6 Å². The molecule has 0 aromatic carbocycles. The van der Waals surface area contributed by atoms with Gasteiger partial charge in [-0.15, -0.1) is 0 Å². The molecule has 0 amide bonds. The molecule has 1 aromatic rings. The van der Waals surface area contributed by atoms with Crippen LogP contribution >= 0.6 is 11.6 Å². The van der Waals surface area contributed by atoms with Crippen LogP contribution in [0.3, 0.4) is 0 Å². The summed E-state index contributed by atoms with van der Waals surface area (Å²) in [4.78, 5) is 17.6. The average Bonchev–Trinajstić information content (AvgIpc) is 2.61. The number of hydrogen-bond donors (Lipinski definition) is 0. The second-order valence-electron chi connectivity index (χ2n) is 4.40. The minimum Gasteiger partial charge on any atom is -0.461 e. The molecule has 4 nitrogen and oxygen atoms in total. The van der Waals surface area contributed by atoms with Gasteiger partial charge < -0.3 is 4.74 Å². The summed E-state index contributed by atoms with van der Waals surface area (Å²) in [5.74, 6) is -0.137. The Labute approximate surface area is 106 Å². The third-order valence-electron chi connectivity index (χ3n) is 2.90. The summed E-state index contributed by atoms with van der Waals surface area (Å²) in [6, 6.07) is 3.51. The molecule has 1 aliphatic heterocycles. The lowest BCUT2D eigenvalue weighted by Crippen LogP contribution is -2.34. The van der Waals surface area contributed by atoms with Crippen LogP contribution in [-0.4, -0.2) is 35.0 Å². The number of rotatable bonds is 3. The van der Waals surface area contributed by atoms with Crippen molar-refractivity contribution in [2.75, 3.05) is 7.05 Å². The lowest BCUT2D eigenvalue weighted by molar-refractivity contribution is -0.144. The molecule has 1 fully saturated rings. The van der Waals surface area contributed by atoms with Crippen molar-refractivity contribution in [3.8, 4) is 0 Å². The first-order valence-electron chi connectivity index (χ1n) is 5.57. The number of likely N-dealkylation sites (N-methyl/N-ethyl adjacent to an activating group) is 1. The summed E-state index contributed by atoms with van der Waals surface area (Å²) < 4.78 is 5.13. The van der Waals surface area contributed by atoms with E-state index in [0.717, 1.165) is 12.0 Å². The predicted molar refractivity (Wildman–Crippen MR) is 64.7 cm³/mol. The minimum absolute atomic E-state index is 0.0123. The van der Waals surface area contributed by atoms with E-state index in [-0.39, 0.29) is 18.1 Å². The number of hydrogen-bond acceptors (Lipinski definition) is 4. The second kappa shape index (κ2) is 5.02. The van der Waals surface area contributed by atoms with Gasteiger partial charge >= 0.3 is 5.97 Å². The van der Waals surface area contributed by atoms with Crippen LogP contribution in [-0.2, 0) is 16.1 Å². The van der Waals surface area contributed by atoms with Gasteiger partial charge in [-0.2, -0.15) is 0 Å². The molecule has 0 saturated carbocycles. The van der Waals surface area contributed by atoms with Gasteiger partial charge in [0.15, 0.2) is 0 Å². The van der Waals surface area contributed by atoms with Crippen LogP contribution in [0.2, 0.25) is 5.15 Å². The SMILES string of the molecule is CC1CC(N(C)Cc2ccc(Cl)nc2)C(=O)O1. The zero-order valence-corrected chi connectivity index (χ0v) is 10.6. The summed E-state index contributed by atoms with van der Waals surface area (Å²) in [6.45, 7) is 2.58. The summed E-state index contributed by atoms with van der Waals surface area (Å²) in [7, 11) is 1.92. The molecular weight excluding hydrogens is 240 g/mol. The van der Waals surface area contributed by atoms with Gasteiger partial charge in [0.25, 0.3) is 0 Å². The van der Waals surface area contributed by atoms with Crippen molar-refractivity contribution in [2.24, 2.45) is 0 Å².